The molecule has 60 valence electrons. The Kier molecular flexibility index (Phi) is 2.13. The van der Waals surface area contributed by atoms with Crippen molar-refractivity contribution >= 4 is 27.7 Å². The fourth-order valence-electron chi connectivity index (χ4n) is 0.574. The molecule has 0 aliphatic carbocycles. The number of nitrogens with zero attached hydrogens (tertiary/aromatic N) is 1. The van der Waals surface area contributed by atoms with Gasteiger partial charge in [0.25, 0.3) is 0 Å². The Balaban J connectivity index is 2.87. The van der Waals surface area contributed by atoms with Gasteiger partial charge in [-0.3, -0.25) is 4.79 Å². The minimum Gasteiger partial charge on any atom is -0.481 e. The van der Waals surface area contributed by atoms with Gasteiger partial charge in [-0.1, -0.05) is 5.16 Å². The van der Waals surface area contributed by atoms with Gasteiger partial charge in [0.2, 0.25) is 0 Å². The number of aliphatic carboxylic acids is 1. The summed E-state index contributed by atoms with van der Waals surface area (Å²) in [6.07, 6.45) is -0.217. The topological polar surface area (TPSA) is 89.4 Å². The quantitative estimate of drug-likeness (QED) is 0.764. The number of aromatic nitrogens is 1. The Morgan fingerprint density at radius 3 is 2.82 bits per heavy atom. The summed E-state index contributed by atoms with van der Waals surface area (Å²) < 4.78 is 5.02. The van der Waals surface area contributed by atoms with Crippen LogP contribution in [0.4, 0.5) is 5.82 Å². The first-order chi connectivity index (χ1) is 5.11. The molecule has 0 radical (unpaired) electrons. The van der Waals surface area contributed by atoms with Crippen molar-refractivity contribution in [3.63, 3.8) is 0 Å². The largest absolute Gasteiger partial charge is 0.481 e. The van der Waals surface area contributed by atoms with Gasteiger partial charge >= 0.3 is 5.97 Å². The van der Waals surface area contributed by atoms with E-state index in [0.29, 0.717) is 4.47 Å². The average Bonchev–Trinajstić information content (AvgIpc) is 2.18. The van der Waals surface area contributed by atoms with Crippen molar-refractivity contribution in [1.29, 1.82) is 0 Å². The standard InChI is InChI=1S/C5H5BrN2O3/c6-4-2(1-3(9)10)11-8-5(4)7/h1H2,(H2,7,8)(H,9,10). The third-order valence-electron chi connectivity index (χ3n) is 1.04. The minimum atomic E-state index is -0.984. The van der Waals surface area contributed by atoms with Crippen molar-refractivity contribution in [3.05, 3.63) is 10.2 Å². The summed E-state index contributed by atoms with van der Waals surface area (Å²) in [5, 5.41) is 11.7. The van der Waals surface area contributed by atoms with E-state index in [0.717, 1.165) is 0 Å². The van der Waals surface area contributed by atoms with Crippen molar-refractivity contribution in [2.45, 2.75) is 6.42 Å². The molecule has 0 bridgehead atoms. The minimum absolute atomic E-state index is 0.168. The van der Waals surface area contributed by atoms with Gasteiger partial charge in [0.15, 0.2) is 11.6 Å². The lowest BCUT2D eigenvalue weighted by atomic mass is 10.3. The molecule has 1 aromatic heterocycles. The van der Waals surface area contributed by atoms with E-state index in [4.69, 9.17) is 10.8 Å². The van der Waals surface area contributed by atoms with Crippen LogP contribution in [0.3, 0.4) is 0 Å². The van der Waals surface area contributed by atoms with E-state index in [2.05, 4.69) is 25.6 Å². The molecule has 3 N–H and O–H groups in total. The molecule has 0 saturated carbocycles. The number of nitrogen functional groups attached to an aromatic ring is 1. The molecule has 0 aliphatic rings. The fraction of sp³-hybridized carbons (Fsp3) is 0.200. The van der Waals surface area contributed by atoms with Gasteiger partial charge < -0.3 is 15.4 Å². The molecule has 0 aromatic carbocycles. The van der Waals surface area contributed by atoms with Gasteiger partial charge in [-0.2, -0.15) is 0 Å². The molecule has 1 heterocycles. The molecule has 6 heteroatoms. The molecule has 0 saturated heterocycles. The van der Waals surface area contributed by atoms with E-state index in [-0.39, 0.29) is 18.0 Å². The number of carbonyl (C=O) groups is 1. The monoisotopic (exact) mass is 220 g/mol. The Hall–Kier alpha value is -1.04. The van der Waals surface area contributed by atoms with Crippen LogP contribution in [0.2, 0.25) is 0 Å². The molecule has 0 atom stereocenters. The van der Waals surface area contributed by atoms with E-state index in [1.54, 1.807) is 0 Å². The lowest BCUT2D eigenvalue weighted by Crippen LogP contribution is -1.99. The number of carboxylic acid groups (broad SMARTS) is 1. The van der Waals surface area contributed by atoms with Gasteiger partial charge in [-0.25, -0.2) is 0 Å². The van der Waals surface area contributed by atoms with Crippen molar-refractivity contribution in [1.82, 2.24) is 5.16 Å². The summed E-state index contributed by atoms with van der Waals surface area (Å²) in [6.45, 7) is 0. The summed E-state index contributed by atoms with van der Waals surface area (Å²) in [5.41, 5.74) is 5.27. The highest BCUT2D eigenvalue weighted by atomic mass is 79.9. The molecule has 0 spiro atoms. The summed E-state index contributed by atoms with van der Waals surface area (Å²) in [5.74, 6) is -0.585. The van der Waals surface area contributed by atoms with Crippen LogP contribution in [-0.4, -0.2) is 16.2 Å². The zero-order chi connectivity index (χ0) is 8.43. The molecule has 0 unspecified atom stereocenters. The Morgan fingerprint density at radius 1 is 1.82 bits per heavy atom. The van der Waals surface area contributed by atoms with E-state index >= 15 is 0 Å². The normalized spacial score (nSPS) is 9.91. The molecule has 0 aliphatic heterocycles. The molecule has 11 heavy (non-hydrogen) atoms. The maximum Gasteiger partial charge on any atom is 0.311 e. The Labute approximate surface area is 70.3 Å². The lowest BCUT2D eigenvalue weighted by Gasteiger charge is -1.87. The average molecular weight is 221 g/mol. The molecule has 5 nitrogen and oxygen atoms in total. The van der Waals surface area contributed by atoms with Crippen LogP contribution in [0.15, 0.2) is 9.00 Å². The third kappa shape index (κ3) is 1.70. The fourth-order valence-corrected chi connectivity index (χ4v) is 0.859. The van der Waals surface area contributed by atoms with Crippen LogP contribution in [0.5, 0.6) is 0 Å². The van der Waals surface area contributed by atoms with E-state index in [9.17, 15) is 4.79 Å². The number of halogens is 1. The van der Waals surface area contributed by atoms with Gasteiger partial charge in [0.1, 0.15) is 10.9 Å². The molecular formula is C5H5BrN2O3. The van der Waals surface area contributed by atoms with Crippen molar-refractivity contribution in [2.24, 2.45) is 0 Å². The Morgan fingerprint density at radius 2 is 2.45 bits per heavy atom. The molecular weight excluding hydrogens is 216 g/mol. The number of nitrogens with two attached hydrogens (primary N) is 1. The number of anilines is 1. The van der Waals surface area contributed by atoms with Gasteiger partial charge in [0, 0.05) is 0 Å². The van der Waals surface area contributed by atoms with E-state index < -0.39 is 5.97 Å². The zero-order valence-electron chi connectivity index (χ0n) is 5.37. The summed E-state index contributed by atoms with van der Waals surface area (Å²) in [6, 6.07) is 0. The van der Waals surface area contributed by atoms with Crippen molar-refractivity contribution < 1.29 is 14.4 Å². The van der Waals surface area contributed by atoms with E-state index in [1.807, 2.05) is 0 Å². The highest BCUT2D eigenvalue weighted by molar-refractivity contribution is 9.10. The van der Waals surface area contributed by atoms with Crippen LogP contribution in [0, 0.1) is 0 Å². The zero-order valence-corrected chi connectivity index (χ0v) is 6.96. The van der Waals surface area contributed by atoms with Gasteiger partial charge in [-0.05, 0) is 15.9 Å². The van der Waals surface area contributed by atoms with Crippen LogP contribution >= 0.6 is 15.9 Å². The SMILES string of the molecule is Nc1noc(CC(=O)O)c1Br. The number of carboxylic acids is 1. The molecule has 1 rings (SSSR count). The van der Waals surface area contributed by atoms with Crippen LogP contribution < -0.4 is 5.73 Å². The molecule has 1 aromatic rings. The van der Waals surface area contributed by atoms with Gasteiger partial charge in [0.05, 0.1) is 0 Å². The highest BCUT2D eigenvalue weighted by Crippen LogP contribution is 2.23. The second kappa shape index (κ2) is 2.91. The van der Waals surface area contributed by atoms with Crippen molar-refractivity contribution in [2.75, 3.05) is 5.73 Å². The molecule has 0 amide bonds. The van der Waals surface area contributed by atoms with Crippen LogP contribution in [0.25, 0.3) is 0 Å². The first-order valence-corrected chi connectivity index (χ1v) is 3.52. The van der Waals surface area contributed by atoms with Gasteiger partial charge in [-0.15, -0.1) is 0 Å². The van der Waals surface area contributed by atoms with Crippen LogP contribution in [0.1, 0.15) is 5.76 Å². The lowest BCUT2D eigenvalue weighted by molar-refractivity contribution is -0.136. The Bertz CT molecular complexity index is 283. The first-order valence-electron chi connectivity index (χ1n) is 2.72. The third-order valence-corrected chi connectivity index (χ3v) is 1.88. The number of rotatable bonds is 2. The summed E-state index contributed by atoms with van der Waals surface area (Å²) in [4.78, 5) is 10.2. The smallest absolute Gasteiger partial charge is 0.311 e. The summed E-state index contributed by atoms with van der Waals surface area (Å²) in [7, 11) is 0. The predicted molar refractivity (Wildman–Crippen MR) is 40.0 cm³/mol. The van der Waals surface area contributed by atoms with Crippen LogP contribution in [-0.2, 0) is 11.2 Å². The predicted octanol–water partition coefficient (Wildman–Crippen LogP) is 0.646. The van der Waals surface area contributed by atoms with E-state index in [1.165, 1.54) is 0 Å². The highest BCUT2D eigenvalue weighted by Gasteiger charge is 2.13. The molecule has 0 fully saturated rings. The number of hydrogen-bond acceptors (Lipinski definition) is 4. The maximum atomic E-state index is 10.2. The summed E-state index contributed by atoms with van der Waals surface area (Å²) >= 11 is 3.03. The maximum absolute atomic E-state index is 10.2. The first kappa shape index (κ1) is 8.06. The van der Waals surface area contributed by atoms with Crippen molar-refractivity contribution in [3.8, 4) is 0 Å². The second-order valence-electron chi connectivity index (χ2n) is 1.88. The second-order valence-corrected chi connectivity index (χ2v) is 2.67. The number of hydrogen-bond donors (Lipinski definition) is 2.